The molecule has 0 aliphatic heterocycles. The van der Waals surface area contributed by atoms with Crippen molar-refractivity contribution in [1.82, 2.24) is 5.32 Å². The highest BCUT2D eigenvalue weighted by atomic mass is 16.5. The molecule has 1 amide bonds. The maximum Gasteiger partial charge on any atom is 0.246 e. The Morgan fingerprint density at radius 3 is 2.47 bits per heavy atom. The van der Waals surface area contributed by atoms with E-state index >= 15 is 0 Å². The van der Waals surface area contributed by atoms with Gasteiger partial charge in [0.1, 0.15) is 13.2 Å². The highest BCUT2D eigenvalue weighted by Crippen LogP contribution is 1.85. The maximum absolute atomic E-state index is 11.1. The third-order valence-electron chi connectivity index (χ3n) is 1.41. The number of hydrogen-bond donors (Lipinski definition) is 1. The fourth-order valence-corrected chi connectivity index (χ4v) is 0.824. The van der Waals surface area contributed by atoms with Crippen molar-refractivity contribution in [1.29, 1.82) is 0 Å². The highest BCUT2D eigenvalue weighted by Gasteiger charge is 2.01. The van der Waals surface area contributed by atoms with E-state index in [1.807, 2.05) is 13.8 Å². The van der Waals surface area contributed by atoms with E-state index in [2.05, 4.69) is 5.32 Å². The van der Waals surface area contributed by atoms with Gasteiger partial charge < -0.3 is 14.8 Å². The van der Waals surface area contributed by atoms with E-state index in [1.54, 1.807) is 0 Å². The maximum atomic E-state index is 11.1. The molecule has 0 spiro atoms. The summed E-state index contributed by atoms with van der Waals surface area (Å²) in [5.41, 5.74) is 0. The lowest BCUT2D eigenvalue weighted by Crippen LogP contribution is -2.31. The van der Waals surface area contributed by atoms with Gasteiger partial charge in [-0.2, -0.15) is 0 Å². The number of rotatable bonds is 8. The second-order valence-corrected chi connectivity index (χ2v) is 3.46. The first-order valence-electron chi connectivity index (χ1n) is 4.98. The Hall–Kier alpha value is -0.940. The first-order chi connectivity index (χ1) is 7.02. The van der Waals surface area contributed by atoms with Crippen LogP contribution in [0, 0.1) is 0 Å². The van der Waals surface area contributed by atoms with Crippen molar-refractivity contribution < 1.29 is 19.1 Å². The topological polar surface area (TPSA) is 64.6 Å². The Morgan fingerprint density at radius 2 is 1.93 bits per heavy atom. The Bertz CT molecular complexity index is 204. The zero-order chi connectivity index (χ0) is 11.7. The van der Waals surface area contributed by atoms with Crippen molar-refractivity contribution in [3.8, 4) is 0 Å². The molecule has 0 aromatic carbocycles. The van der Waals surface area contributed by atoms with Gasteiger partial charge in [-0.1, -0.05) is 0 Å². The van der Waals surface area contributed by atoms with Crippen LogP contribution in [-0.4, -0.2) is 44.2 Å². The highest BCUT2D eigenvalue weighted by molar-refractivity contribution is 5.79. The van der Waals surface area contributed by atoms with Gasteiger partial charge in [0.05, 0.1) is 12.7 Å². The summed E-state index contributed by atoms with van der Waals surface area (Å²) in [5.74, 6) is -0.324. The summed E-state index contributed by atoms with van der Waals surface area (Å²) in [6.45, 7) is 6.11. The largest absolute Gasteiger partial charge is 0.377 e. The second-order valence-electron chi connectivity index (χ2n) is 3.46. The van der Waals surface area contributed by atoms with Crippen LogP contribution in [0.4, 0.5) is 0 Å². The molecular weight excluding hydrogens is 198 g/mol. The van der Waals surface area contributed by atoms with E-state index in [-0.39, 0.29) is 31.0 Å². The molecule has 0 unspecified atom stereocenters. The normalized spacial score (nSPS) is 10.4. The summed E-state index contributed by atoms with van der Waals surface area (Å²) in [5, 5.41) is 2.61. The van der Waals surface area contributed by atoms with Crippen molar-refractivity contribution in [2.45, 2.75) is 26.9 Å². The molecule has 0 atom stereocenters. The molecule has 0 bridgehead atoms. The van der Waals surface area contributed by atoms with Crippen molar-refractivity contribution in [3.63, 3.8) is 0 Å². The van der Waals surface area contributed by atoms with Crippen LogP contribution in [-0.2, 0) is 19.1 Å². The first-order valence-corrected chi connectivity index (χ1v) is 4.98. The lowest BCUT2D eigenvalue weighted by atomic mass is 10.5. The molecule has 0 heterocycles. The third-order valence-corrected chi connectivity index (χ3v) is 1.41. The number of hydrogen-bond acceptors (Lipinski definition) is 4. The fourth-order valence-electron chi connectivity index (χ4n) is 0.824. The molecule has 0 aliphatic carbocycles. The standard InChI is InChI=1S/C10H19NO4/c1-8(2)15-5-4-11-10(13)7-14-6-9(3)12/h8H,4-7H2,1-3H3,(H,11,13). The van der Waals surface area contributed by atoms with E-state index < -0.39 is 0 Å². The molecule has 0 fully saturated rings. The number of carbonyl (C=O) groups is 2. The Kier molecular flexibility index (Phi) is 7.85. The van der Waals surface area contributed by atoms with E-state index in [0.29, 0.717) is 13.2 Å². The van der Waals surface area contributed by atoms with Crippen LogP contribution in [0.25, 0.3) is 0 Å². The summed E-state index contributed by atoms with van der Waals surface area (Å²) in [6.07, 6.45) is 0.163. The van der Waals surface area contributed by atoms with Gasteiger partial charge in [0.2, 0.25) is 5.91 Å². The smallest absolute Gasteiger partial charge is 0.246 e. The van der Waals surface area contributed by atoms with Gasteiger partial charge in [0.25, 0.3) is 0 Å². The van der Waals surface area contributed by atoms with Gasteiger partial charge in [-0.3, -0.25) is 9.59 Å². The zero-order valence-corrected chi connectivity index (χ0v) is 9.54. The minimum atomic E-state index is -0.233. The van der Waals surface area contributed by atoms with Crippen molar-refractivity contribution >= 4 is 11.7 Å². The molecule has 15 heavy (non-hydrogen) atoms. The predicted octanol–water partition coefficient (Wildman–Crippen LogP) is 0.133. The average molecular weight is 217 g/mol. The molecule has 0 radical (unpaired) electrons. The fraction of sp³-hybridized carbons (Fsp3) is 0.800. The number of carbonyl (C=O) groups excluding carboxylic acids is 2. The monoisotopic (exact) mass is 217 g/mol. The van der Waals surface area contributed by atoms with E-state index in [4.69, 9.17) is 9.47 Å². The lowest BCUT2D eigenvalue weighted by molar-refractivity contribution is -0.129. The third kappa shape index (κ3) is 11.0. The van der Waals surface area contributed by atoms with Crippen LogP contribution in [0.3, 0.4) is 0 Å². The molecule has 5 nitrogen and oxygen atoms in total. The molecule has 0 aliphatic rings. The summed E-state index contributed by atoms with van der Waals surface area (Å²) in [7, 11) is 0. The van der Waals surface area contributed by atoms with Gasteiger partial charge in [-0.25, -0.2) is 0 Å². The number of nitrogens with one attached hydrogen (secondary N) is 1. The van der Waals surface area contributed by atoms with Crippen LogP contribution in [0.15, 0.2) is 0 Å². The van der Waals surface area contributed by atoms with Crippen LogP contribution >= 0.6 is 0 Å². The Labute approximate surface area is 90.1 Å². The average Bonchev–Trinajstić information content (AvgIpc) is 2.11. The second kappa shape index (κ2) is 8.38. The van der Waals surface area contributed by atoms with Crippen molar-refractivity contribution in [3.05, 3.63) is 0 Å². The molecule has 0 rings (SSSR count). The Balaban J connectivity index is 3.30. The lowest BCUT2D eigenvalue weighted by Gasteiger charge is -2.08. The molecule has 1 N–H and O–H groups in total. The van der Waals surface area contributed by atoms with Gasteiger partial charge in [-0.15, -0.1) is 0 Å². The predicted molar refractivity (Wildman–Crippen MR) is 55.6 cm³/mol. The van der Waals surface area contributed by atoms with Gasteiger partial charge in [-0.05, 0) is 20.8 Å². The van der Waals surface area contributed by atoms with Crippen LogP contribution in [0.2, 0.25) is 0 Å². The number of ether oxygens (including phenoxy) is 2. The minimum absolute atomic E-state index is 0.0179. The first kappa shape index (κ1) is 14.1. The number of amides is 1. The summed E-state index contributed by atoms with van der Waals surface area (Å²) in [4.78, 5) is 21.6. The molecule has 5 heteroatoms. The summed E-state index contributed by atoms with van der Waals surface area (Å²) < 4.78 is 10.1. The van der Waals surface area contributed by atoms with Gasteiger partial charge >= 0.3 is 0 Å². The van der Waals surface area contributed by atoms with Crippen LogP contribution < -0.4 is 5.32 Å². The van der Waals surface area contributed by atoms with Crippen LogP contribution in [0.5, 0.6) is 0 Å². The molecule has 0 saturated heterocycles. The number of Topliss-reactive ketones (excluding diaryl/α,β-unsaturated/α-hetero) is 1. The SMILES string of the molecule is CC(=O)COCC(=O)NCCOC(C)C. The van der Waals surface area contributed by atoms with E-state index in [0.717, 1.165) is 0 Å². The Morgan fingerprint density at radius 1 is 1.27 bits per heavy atom. The van der Waals surface area contributed by atoms with Crippen LogP contribution in [0.1, 0.15) is 20.8 Å². The summed E-state index contributed by atoms with van der Waals surface area (Å²) in [6, 6.07) is 0. The van der Waals surface area contributed by atoms with Crippen molar-refractivity contribution in [2.24, 2.45) is 0 Å². The van der Waals surface area contributed by atoms with Crippen molar-refractivity contribution in [2.75, 3.05) is 26.4 Å². The minimum Gasteiger partial charge on any atom is -0.377 e. The van der Waals surface area contributed by atoms with E-state index in [9.17, 15) is 9.59 Å². The molecule has 0 saturated carbocycles. The van der Waals surface area contributed by atoms with Gasteiger partial charge in [0, 0.05) is 6.54 Å². The molecule has 88 valence electrons. The quantitative estimate of drug-likeness (QED) is 0.587. The van der Waals surface area contributed by atoms with Gasteiger partial charge in [0.15, 0.2) is 5.78 Å². The molecular formula is C10H19NO4. The zero-order valence-electron chi connectivity index (χ0n) is 9.54. The molecule has 0 aromatic heterocycles. The summed E-state index contributed by atoms with van der Waals surface area (Å²) >= 11 is 0. The van der Waals surface area contributed by atoms with E-state index in [1.165, 1.54) is 6.92 Å². The molecule has 0 aromatic rings. The number of ketones is 1.